The summed E-state index contributed by atoms with van der Waals surface area (Å²) in [5.41, 5.74) is 6.66. The van der Waals surface area contributed by atoms with E-state index in [0.29, 0.717) is 32.1 Å². The third kappa shape index (κ3) is 6.63. The number of carbonyl (C=O) groups excluding carboxylic acids is 3. The first-order valence-electron chi connectivity index (χ1n) is 11.5. The van der Waals surface area contributed by atoms with Crippen LogP contribution in [-0.2, 0) is 20.7 Å². The Balaban J connectivity index is 1.97. The number of amides is 3. The highest BCUT2D eigenvalue weighted by molar-refractivity contribution is 5.89. The molecule has 3 amide bonds. The van der Waals surface area contributed by atoms with Gasteiger partial charge in [0.15, 0.2) is 0 Å². The molecule has 0 saturated carbocycles. The van der Waals surface area contributed by atoms with Crippen LogP contribution in [0.4, 0.5) is 4.79 Å². The van der Waals surface area contributed by atoms with E-state index in [1.165, 1.54) is 0 Å². The minimum atomic E-state index is -1.12. The highest BCUT2D eigenvalue weighted by atomic mass is 16.5. The highest BCUT2D eigenvalue weighted by Gasteiger charge is 2.39. The Morgan fingerprint density at radius 1 is 1.06 bits per heavy atom. The number of H-pyrrole nitrogens is 1. The van der Waals surface area contributed by atoms with Crippen LogP contribution in [-0.4, -0.2) is 42.1 Å². The predicted octanol–water partition coefficient (Wildman–Crippen LogP) is 3.65. The van der Waals surface area contributed by atoms with Gasteiger partial charge < -0.3 is 19.8 Å². The molecule has 9 nitrogen and oxygen atoms in total. The van der Waals surface area contributed by atoms with Gasteiger partial charge in [0.05, 0.1) is 13.7 Å². The molecule has 9 heteroatoms. The van der Waals surface area contributed by atoms with Crippen LogP contribution in [0.1, 0.15) is 64.1 Å². The average Bonchev–Trinajstić information content (AvgIpc) is 3.10. The van der Waals surface area contributed by atoms with Gasteiger partial charge in [-0.1, -0.05) is 26.7 Å². The van der Waals surface area contributed by atoms with Gasteiger partial charge in [0.2, 0.25) is 5.91 Å². The molecular formula is C24H36N4O5. The van der Waals surface area contributed by atoms with E-state index in [0.717, 1.165) is 27.9 Å². The first kappa shape index (κ1) is 26.0. The minimum absolute atomic E-state index is 0.179. The van der Waals surface area contributed by atoms with Crippen LogP contribution in [0.15, 0.2) is 18.2 Å². The molecular weight excluding hydrogens is 424 g/mol. The van der Waals surface area contributed by atoms with Gasteiger partial charge in [0.1, 0.15) is 11.3 Å². The molecule has 0 radical (unpaired) electrons. The lowest BCUT2D eigenvalue weighted by molar-refractivity contribution is -0.151. The number of rotatable bonds is 11. The number of hydrogen-bond acceptors (Lipinski definition) is 5. The van der Waals surface area contributed by atoms with E-state index in [4.69, 9.17) is 9.47 Å². The summed E-state index contributed by atoms with van der Waals surface area (Å²) < 4.78 is 10.5. The van der Waals surface area contributed by atoms with Gasteiger partial charge >= 0.3 is 12.0 Å². The number of fused-ring (bicyclic) bond motifs is 1. The first-order valence-corrected chi connectivity index (χ1v) is 11.5. The standard InChI is InChI=1S/C24H36N4O5/c1-6-13-24(14-7-2,22(30)33-8-3)26-23(31)28-27-21(29)12-10-18-16(4)25-20-11-9-17(32-5)15-19(18)20/h9,11,15,25H,6-8,10,12-14H2,1-5H3,(H,27,29)(H2,26,28,31). The summed E-state index contributed by atoms with van der Waals surface area (Å²) in [6.45, 7) is 7.79. The molecule has 1 heterocycles. The number of aromatic amines is 1. The van der Waals surface area contributed by atoms with Crippen molar-refractivity contribution in [1.29, 1.82) is 0 Å². The molecule has 182 valence electrons. The zero-order valence-electron chi connectivity index (χ0n) is 20.2. The van der Waals surface area contributed by atoms with Crippen LogP contribution in [0, 0.1) is 6.92 Å². The number of aromatic nitrogens is 1. The van der Waals surface area contributed by atoms with E-state index < -0.39 is 17.5 Å². The Hall–Kier alpha value is -3.23. The maximum atomic E-state index is 12.6. The summed E-state index contributed by atoms with van der Waals surface area (Å²) in [5.74, 6) is -0.0512. The molecule has 0 bridgehead atoms. The van der Waals surface area contributed by atoms with E-state index in [1.54, 1.807) is 14.0 Å². The molecule has 0 atom stereocenters. The fraction of sp³-hybridized carbons (Fsp3) is 0.542. The quantitative estimate of drug-likeness (QED) is 0.301. The molecule has 0 saturated heterocycles. The van der Waals surface area contributed by atoms with E-state index in [1.807, 2.05) is 39.0 Å². The lowest BCUT2D eigenvalue weighted by Crippen LogP contribution is -2.60. The van der Waals surface area contributed by atoms with Gasteiger partial charge in [-0.05, 0) is 56.9 Å². The number of nitrogens with one attached hydrogen (secondary N) is 4. The molecule has 2 aromatic rings. The Morgan fingerprint density at radius 2 is 1.76 bits per heavy atom. The zero-order chi connectivity index (χ0) is 24.4. The summed E-state index contributed by atoms with van der Waals surface area (Å²) >= 11 is 0. The molecule has 4 N–H and O–H groups in total. The van der Waals surface area contributed by atoms with Crippen molar-refractivity contribution in [1.82, 2.24) is 21.2 Å². The molecule has 1 aromatic carbocycles. The van der Waals surface area contributed by atoms with Crippen molar-refractivity contribution in [2.45, 2.75) is 71.8 Å². The van der Waals surface area contributed by atoms with Gasteiger partial charge in [-0.25, -0.2) is 15.0 Å². The van der Waals surface area contributed by atoms with Crippen molar-refractivity contribution in [3.63, 3.8) is 0 Å². The van der Waals surface area contributed by atoms with Gasteiger partial charge in [-0.3, -0.25) is 10.2 Å². The highest BCUT2D eigenvalue weighted by Crippen LogP contribution is 2.27. The van der Waals surface area contributed by atoms with Gasteiger partial charge in [-0.15, -0.1) is 0 Å². The summed E-state index contributed by atoms with van der Waals surface area (Å²) in [6, 6.07) is 5.11. The van der Waals surface area contributed by atoms with Crippen LogP contribution in [0.3, 0.4) is 0 Å². The predicted molar refractivity (Wildman–Crippen MR) is 127 cm³/mol. The molecule has 0 unspecified atom stereocenters. The van der Waals surface area contributed by atoms with Gasteiger partial charge in [0, 0.05) is 23.0 Å². The smallest absolute Gasteiger partial charge is 0.334 e. The third-order valence-electron chi connectivity index (χ3n) is 5.62. The Morgan fingerprint density at radius 3 is 2.36 bits per heavy atom. The maximum Gasteiger partial charge on any atom is 0.334 e. The van der Waals surface area contributed by atoms with E-state index in [9.17, 15) is 14.4 Å². The van der Waals surface area contributed by atoms with Crippen molar-refractivity contribution < 1.29 is 23.9 Å². The number of ether oxygens (including phenoxy) is 2. The second-order valence-corrected chi connectivity index (χ2v) is 8.07. The topological polar surface area (TPSA) is 122 Å². The van der Waals surface area contributed by atoms with Gasteiger partial charge in [0.25, 0.3) is 0 Å². The van der Waals surface area contributed by atoms with Crippen LogP contribution in [0.5, 0.6) is 5.75 Å². The van der Waals surface area contributed by atoms with E-state index in [2.05, 4.69) is 21.2 Å². The Bertz CT molecular complexity index is 963. The van der Waals surface area contributed by atoms with Crippen LogP contribution in [0.25, 0.3) is 10.9 Å². The lowest BCUT2D eigenvalue weighted by Gasteiger charge is -2.32. The normalized spacial score (nSPS) is 11.2. The Labute approximate surface area is 194 Å². The number of benzene rings is 1. The molecule has 0 spiro atoms. The summed E-state index contributed by atoms with van der Waals surface area (Å²) in [4.78, 5) is 40.8. The van der Waals surface area contributed by atoms with Crippen LogP contribution >= 0.6 is 0 Å². The van der Waals surface area contributed by atoms with Crippen molar-refractivity contribution in [3.05, 3.63) is 29.5 Å². The van der Waals surface area contributed by atoms with Crippen molar-refractivity contribution >= 4 is 28.8 Å². The third-order valence-corrected chi connectivity index (χ3v) is 5.62. The number of methoxy groups -OCH3 is 1. The number of urea groups is 1. The summed E-state index contributed by atoms with van der Waals surface area (Å²) in [6.07, 6.45) is 2.96. The number of carbonyl (C=O) groups is 3. The molecule has 0 aliphatic rings. The number of hydrazine groups is 1. The van der Waals surface area contributed by atoms with Crippen LogP contribution in [0.2, 0.25) is 0 Å². The fourth-order valence-electron chi connectivity index (χ4n) is 4.11. The van der Waals surface area contributed by atoms with E-state index >= 15 is 0 Å². The zero-order valence-corrected chi connectivity index (χ0v) is 20.2. The number of aryl methyl sites for hydroxylation is 2. The van der Waals surface area contributed by atoms with E-state index in [-0.39, 0.29) is 18.9 Å². The molecule has 0 fully saturated rings. The summed E-state index contributed by atoms with van der Waals surface area (Å²) in [7, 11) is 1.61. The van der Waals surface area contributed by atoms with Crippen molar-refractivity contribution in [3.8, 4) is 5.75 Å². The minimum Gasteiger partial charge on any atom is -0.497 e. The SMILES string of the molecule is CCCC(CCC)(NC(=O)NNC(=O)CCc1c(C)[nH]c2ccc(OC)cc12)C(=O)OCC. The lowest BCUT2D eigenvalue weighted by atomic mass is 9.88. The monoisotopic (exact) mass is 460 g/mol. The Kier molecular flexibility index (Phi) is 9.57. The number of esters is 1. The fourth-order valence-corrected chi connectivity index (χ4v) is 4.11. The second-order valence-electron chi connectivity index (χ2n) is 8.07. The number of hydrogen-bond donors (Lipinski definition) is 4. The molecule has 0 aliphatic carbocycles. The van der Waals surface area contributed by atoms with Gasteiger partial charge in [-0.2, -0.15) is 0 Å². The molecule has 33 heavy (non-hydrogen) atoms. The van der Waals surface area contributed by atoms with Crippen LogP contribution < -0.4 is 20.9 Å². The molecule has 2 rings (SSSR count). The molecule has 1 aromatic heterocycles. The second kappa shape index (κ2) is 12.1. The largest absolute Gasteiger partial charge is 0.497 e. The summed E-state index contributed by atoms with van der Waals surface area (Å²) in [5, 5.41) is 3.73. The maximum absolute atomic E-state index is 12.6. The van der Waals surface area contributed by atoms with Crippen molar-refractivity contribution in [2.24, 2.45) is 0 Å². The molecule has 0 aliphatic heterocycles. The first-order chi connectivity index (χ1) is 15.8. The average molecular weight is 461 g/mol. The van der Waals surface area contributed by atoms with Crippen molar-refractivity contribution in [2.75, 3.05) is 13.7 Å².